The summed E-state index contributed by atoms with van der Waals surface area (Å²) in [4.78, 5) is 0. The third-order valence-electron chi connectivity index (χ3n) is 2.01. The molecule has 13 heavy (non-hydrogen) atoms. The first-order valence-electron chi connectivity index (χ1n) is 4.07. The van der Waals surface area contributed by atoms with Crippen LogP contribution < -0.4 is 5.73 Å². The van der Waals surface area contributed by atoms with Crippen molar-refractivity contribution in [1.82, 2.24) is 9.61 Å². The van der Waals surface area contributed by atoms with Crippen LogP contribution >= 0.6 is 15.9 Å². The predicted molar refractivity (Wildman–Crippen MR) is 55.5 cm³/mol. The number of hydrogen-bond acceptors (Lipinski definition) is 2. The molecule has 1 atom stereocenters. The summed E-state index contributed by atoms with van der Waals surface area (Å²) >= 11 is 3.48. The van der Waals surface area contributed by atoms with Gasteiger partial charge in [-0.2, -0.15) is 5.10 Å². The van der Waals surface area contributed by atoms with Crippen molar-refractivity contribution in [3.05, 3.63) is 34.6 Å². The molecule has 0 saturated carbocycles. The van der Waals surface area contributed by atoms with Gasteiger partial charge in [0.1, 0.15) is 0 Å². The molecular formula is C9H10BrN3. The Morgan fingerprint density at radius 2 is 2.38 bits per heavy atom. The first-order valence-corrected chi connectivity index (χ1v) is 4.87. The van der Waals surface area contributed by atoms with E-state index < -0.39 is 0 Å². The lowest BCUT2D eigenvalue weighted by Crippen LogP contribution is -2.04. The molecule has 0 aliphatic carbocycles. The maximum absolute atomic E-state index is 5.82. The Balaban J connectivity index is 2.79. The van der Waals surface area contributed by atoms with E-state index in [1.807, 2.05) is 36.0 Å². The lowest BCUT2D eigenvalue weighted by molar-refractivity contribution is 0.826. The molecule has 0 amide bonds. The molecule has 0 aromatic carbocycles. The normalized spacial score (nSPS) is 13.5. The summed E-state index contributed by atoms with van der Waals surface area (Å²) in [6.45, 7) is 1.95. The Kier molecular flexibility index (Phi) is 2.09. The molecule has 3 nitrogen and oxygen atoms in total. The molecule has 1 unspecified atom stereocenters. The Morgan fingerprint density at radius 3 is 3.08 bits per heavy atom. The van der Waals surface area contributed by atoms with E-state index in [9.17, 15) is 0 Å². The second kappa shape index (κ2) is 3.12. The van der Waals surface area contributed by atoms with Gasteiger partial charge in [0.05, 0.1) is 11.7 Å². The Morgan fingerprint density at radius 1 is 1.62 bits per heavy atom. The van der Waals surface area contributed by atoms with Crippen molar-refractivity contribution in [3.63, 3.8) is 0 Å². The van der Waals surface area contributed by atoms with Gasteiger partial charge in [-0.1, -0.05) is 0 Å². The van der Waals surface area contributed by atoms with E-state index in [1.165, 1.54) is 0 Å². The summed E-state index contributed by atoms with van der Waals surface area (Å²) in [6.07, 6.45) is 3.72. The first-order chi connectivity index (χ1) is 6.20. The smallest absolute Gasteiger partial charge is 0.0851 e. The van der Waals surface area contributed by atoms with Crippen molar-refractivity contribution >= 4 is 21.4 Å². The average molecular weight is 240 g/mol. The van der Waals surface area contributed by atoms with Gasteiger partial charge in [-0.05, 0) is 35.0 Å². The quantitative estimate of drug-likeness (QED) is 0.829. The van der Waals surface area contributed by atoms with Crippen LogP contribution in [0.1, 0.15) is 18.5 Å². The molecule has 0 aliphatic rings. The topological polar surface area (TPSA) is 43.3 Å². The minimum absolute atomic E-state index is 0.0104. The van der Waals surface area contributed by atoms with E-state index in [2.05, 4.69) is 21.0 Å². The number of aromatic nitrogens is 2. The number of rotatable bonds is 1. The largest absolute Gasteiger partial charge is 0.324 e. The SMILES string of the molecule is CC(N)c1cnn2cccc(Br)c12. The zero-order valence-corrected chi connectivity index (χ0v) is 8.82. The van der Waals surface area contributed by atoms with Crippen LogP contribution in [0.25, 0.3) is 5.52 Å². The van der Waals surface area contributed by atoms with Gasteiger partial charge in [-0.15, -0.1) is 0 Å². The summed E-state index contributed by atoms with van der Waals surface area (Å²) in [5, 5.41) is 4.21. The molecule has 4 heteroatoms. The highest BCUT2D eigenvalue weighted by Gasteiger charge is 2.09. The molecule has 0 saturated heterocycles. The fraction of sp³-hybridized carbons (Fsp3) is 0.222. The van der Waals surface area contributed by atoms with Crippen LogP contribution in [0.5, 0.6) is 0 Å². The molecule has 0 aliphatic heterocycles. The molecule has 0 bridgehead atoms. The van der Waals surface area contributed by atoms with Gasteiger partial charge < -0.3 is 5.73 Å². The van der Waals surface area contributed by atoms with Crippen LogP contribution in [-0.4, -0.2) is 9.61 Å². The highest BCUT2D eigenvalue weighted by atomic mass is 79.9. The van der Waals surface area contributed by atoms with Crippen molar-refractivity contribution in [2.45, 2.75) is 13.0 Å². The number of pyridine rings is 1. The van der Waals surface area contributed by atoms with Gasteiger partial charge >= 0.3 is 0 Å². The van der Waals surface area contributed by atoms with E-state index in [1.54, 1.807) is 0 Å². The van der Waals surface area contributed by atoms with Crippen LogP contribution in [0, 0.1) is 0 Å². The second-order valence-electron chi connectivity index (χ2n) is 3.04. The summed E-state index contributed by atoms with van der Waals surface area (Å²) in [6, 6.07) is 3.94. The van der Waals surface area contributed by atoms with Crippen LogP contribution in [-0.2, 0) is 0 Å². The molecule has 0 fully saturated rings. The maximum atomic E-state index is 5.82. The van der Waals surface area contributed by atoms with E-state index in [0.29, 0.717) is 0 Å². The number of nitrogens with zero attached hydrogens (tertiary/aromatic N) is 2. The molecule has 2 aromatic heterocycles. The zero-order valence-electron chi connectivity index (χ0n) is 7.24. The highest BCUT2D eigenvalue weighted by molar-refractivity contribution is 9.10. The fourth-order valence-corrected chi connectivity index (χ4v) is 1.92. The lowest BCUT2D eigenvalue weighted by atomic mass is 10.1. The third kappa shape index (κ3) is 1.36. The predicted octanol–water partition coefficient (Wildman–Crippen LogP) is 2.12. The second-order valence-corrected chi connectivity index (χ2v) is 3.89. The molecule has 0 radical (unpaired) electrons. The van der Waals surface area contributed by atoms with E-state index in [-0.39, 0.29) is 6.04 Å². The van der Waals surface area contributed by atoms with E-state index >= 15 is 0 Å². The van der Waals surface area contributed by atoms with Crippen molar-refractivity contribution in [3.8, 4) is 0 Å². The van der Waals surface area contributed by atoms with Gasteiger partial charge in [0.15, 0.2) is 0 Å². The van der Waals surface area contributed by atoms with Gasteiger partial charge in [0, 0.05) is 22.3 Å². The summed E-state index contributed by atoms with van der Waals surface area (Å²) in [5.41, 5.74) is 7.93. The van der Waals surface area contributed by atoms with Crippen molar-refractivity contribution < 1.29 is 0 Å². The lowest BCUT2D eigenvalue weighted by Gasteiger charge is -2.03. The van der Waals surface area contributed by atoms with E-state index in [4.69, 9.17) is 5.73 Å². The Hall–Kier alpha value is -0.870. The van der Waals surface area contributed by atoms with Gasteiger partial charge in [-0.25, -0.2) is 4.52 Å². The van der Waals surface area contributed by atoms with Crippen molar-refractivity contribution in [2.24, 2.45) is 5.73 Å². The number of nitrogens with two attached hydrogens (primary N) is 1. The first kappa shape index (κ1) is 8.72. The highest BCUT2D eigenvalue weighted by Crippen LogP contribution is 2.24. The van der Waals surface area contributed by atoms with Crippen LogP contribution in [0.4, 0.5) is 0 Å². The Bertz CT molecular complexity index is 433. The number of halogens is 1. The van der Waals surface area contributed by atoms with Gasteiger partial charge in [0.2, 0.25) is 0 Å². The van der Waals surface area contributed by atoms with E-state index in [0.717, 1.165) is 15.6 Å². The summed E-state index contributed by atoms with van der Waals surface area (Å²) in [7, 11) is 0. The summed E-state index contributed by atoms with van der Waals surface area (Å²) in [5.74, 6) is 0. The molecule has 2 N–H and O–H groups in total. The average Bonchev–Trinajstić information content (AvgIpc) is 2.49. The molecular weight excluding hydrogens is 230 g/mol. The van der Waals surface area contributed by atoms with Crippen LogP contribution in [0.2, 0.25) is 0 Å². The van der Waals surface area contributed by atoms with Crippen LogP contribution in [0.15, 0.2) is 29.0 Å². The molecule has 2 rings (SSSR count). The fourth-order valence-electron chi connectivity index (χ4n) is 1.36. The molecule has 68 valence electrons. The maximum Gasteiger partial charge on any atom is 0.0851 e. The Labute approximate surface area is 84.7 Å². The number of hydrogen-bond donors (Lipinski definition) is 1. The molecule has 2 heterocycles. The van der Waals surface area contributed by atoms with Crippen LogP contribution in [0.3, 0.4) is 0 Å². The zero-order chi connectivity index (χ0) is 9.42. The van der Waals surface area contributed by atoms with Gasteiger partial charge in [-0.3, -0.25) is 0 Å². The minimum Gasteiger partial charge on any atom is -0.324 e. The number of fused-ring (bicyclic) bond motifs is 1. The standard InChI is InChI=1S/C9H10BrN3/c1-6(11)7-5-12-13-4-2-3-8(10)9(7)13/h2-6H,11H2,1H3. The van der Waals surface area contributed by atoms with Crippen molar-refractivity contribution in [2.75, 3.05) is 0 Å². The van der Waals surface area contributed by atoms with Crippen molar-refractivity contribution in [1.29, 1.82) is 0 Å². The van der Waals surface area contributed by atoms with Gasteiger partial charge in [0.25, 0.3) is 0 Å². The monoisotopic (exact) mass is 239 g/mol. The molecule has 2 aromatic rings. The third-order valence-corrected chi connectivity index (χ3v) is 2.65. The molecule has 0 spiro atoms. The summed E-state index contributed by atoms with van der Waals surface area (Å²) < 4.78 is 2.85. The minimum atomic E-state index is 0.0104.